The molecule has 0 spiro atoms. The highest BCUT2D eigenvalue weighted by Gasteiger charge is 2.29. The normalized spacial score (nSPS) is 13.6. The topological polar surface area (TPSA) is 90.0 Å². The van der Waals surface area contributed by atoms with E-state index in [1.165, 1.54) is 16.2 Å². The summed E-state index contributed by atoms with van der Waals surface area (Å²) in [4.78, 5) is 30.2. The van der Waals surface area contributed by atoms with Crippen LogP contribution < -0.4 is 10.9 Å². The molecular formula is C25H24N4O3. The molecule has 1 N–H and O–H groups in total. The van der Waals surface area contributed by atoms with Crippen LogP contribution in [0.2, 0.25) is 0 Å². The quantitative estimate of drug-likeness (QED) is 0.481. The van der Waals surface area contributed by atoms with Crippen molar-refractivity contribution in [2.45, 2.75) is 45.1 Å². The Kier molecular flexibility index (Phi) is 5.09. The fraction of sp³-hybridized carbons (Fsp3) is 0.280. The summed E-state index contributed by atoms with van der Waals surface area (Å²) < 4.78 is 6.92. The summed E-state index contributed by atoms with van der Waals surface area (Å²) in [5.74, 6) is 1.54. The first-order chi connectivity index (χ1) is 15.5. The molecule has 2 aromatic heterocycles. The Labute approximate surface area is 185 Å². The van der Waals surface area contributed by atoms with Crippen LogP contribution in [0.4, 0.5) is 5.69 Å². The molecule has 2 heterocycles. The lowest BCUT2D eigenvalue weighted by molar-refractivity contribution is -0.116. The number of para-hydroxylation sites is 1. The predicted molar refractivity (Wildman–Crippen MR) is 123 cm³/mol. The maximum atomic E-state index is 13.0. The van der Waals surface area contributed by atoms with E-state index in [0.717, 1.165) is 18.2 Å². The van der Waals surface area contributed by atoms with Gasteiger partial charge in [0.15, 0.2) is 5.82 Å². The molecule has 0 radical (unpaired) electrons. The number of amides is 1. The second-order valence-electron chi connectivity index (χ2n) is 8.56. The number of pyridine rings is 1. The van der Waals surface area contributed by atoms with E-state index in [1.807, 2.05) is 48.5 Å². The molecular weight excluding hydrogens is 404 g/mol. The van der Waals surface area contributed by atoms with Gasteiger partial charge in [-0.25, -0.2) is 0 Å². The highest BCUT2D eigenvalue weighted by atomic mass is 16.5. The third kappa shape index (κ3) is 3.93. The van der Waals surface area contributed by atoms with Gasteiger partial charge in [-0.05, 0) is 42.5 Å². The van der Waals surface area contributed by atoms with E-state index in [0.29, 0.717) is 40.3 Å². The summed E-state index contributed by atoms with van der Waals surface area (Å²) in [5, 5.41) is 7.73. The molecule has 0 aliphatic heterocycles. The van der Waals surface area contributed by atoms with Crippen molar-refractivity contribution in [3.63, 3.8) is 0 Å². The van der Waals surface area contributed by atoms with Crippen molar-refractivity contribution in [2.75, 3.05) is 5.32 Å². The van der Waals surface area contributed by atoms with Crippen molar-refractivity contribution >= 4 is 22.5 Å². The van der Waals surface area contributed by atoms with Crippen LogP contribution in [0.1, 0.15) is 49.9 Å². The van der Waals surface area contributed by atoms with Gasteiger partial charge in [0.25, 0.3) is 11.4 Å². The molecule has 162 valence electrons. The summed E-state index contributed by atoms with van der Waals surface area (Å²) in [6, 6.07) is 16.7. The number of benzene rings is 2. The van der Waals surface area contributed by atoms with Crippen LogP contribution in [-0.2, 0) is 11.3 Å². The highest BCUT2D eigenvalue weighted by molar-refractivity contribution is 5.95. The van der Waals surface area contributed by atoms with Gasteiger partial charge in [0.2, 0.25) is 5.91 Å². The van der Waals surface area contributed by atoms with Crippen LogP contribution in [0.15, 0.2) is 63.9 Å². The first-order valence-electron chi connectivity index (χ1n) is 10.9. The number of nitrogens with one attached hydrogen (secondary N) is 1. The van der Waals surface area contributed by atoms with Crippen LogP contribution >= 0.6 is 0 Å². The Balaban J connectivity index is 1.44. The molecule has 1 saturated carbocycles. The second kappa shape index (κ2) is 8.07. The number of hydrogen-bond donors (Lipinski definition) is 1. The van der Waals surface area contributed by atoms with Gasteiger partial charge in [-0.15, -0.1) is 0 Å². The molecule has 0 saturated heterocycles. The van der Waals surface area contributed by atoms with Crippen molar-refractivity contribution in [3.8, 4) is 11.5 Å². The number of anilines is 1. The molecule has 5 rings (SSSR count). The first kappa shape index (κ1) is 20.2. The smallest absolute Gasteiger partial charge is 0.258 e. The van der Waals surface area contributed by atoms with Crippen LogP contribution in [0.3, 0.4) is 0 Å². The summed E-state index contributed by atoms with van der Waals surface area (Å²) in [6.45, 7) is 4.15. The average Bonchev–Trinajstić information content (AvgIpc) is 3.52. The third-order valence-corrected chi connectivity index (χ3v) is 5.80. The van der Waals surface area contributed by atoms with E-state index in [1.54, 1.807) is 0 Å². The SMILES string of the molecule is CC(C)c1ccc(NC(=O)Cn2c(=O)cc(-c3nc(C4CC4)no3)c3ccccc32)cc1. The lowest BCUT2D eigenvalue weighted by Crippen LogP contribution is -2.27. The first-order valence-corrected chi connectivity index (χ1v) is 10.9. The third-order valence-electron chi connectivity index (χ3n) is 5.80. The van der Waals surface area contributed by atoms with Gasteiger partial charge in [0.1, 0.15) is 6.54 Å². The Morgan fingerprint density at radius 1 is 1.16 bits per heavy atom. The zero-order chi connectivity index (χ0) is 22.2. The van der Waals surface area contributed by atoms with Crippen molar-refractivity contribution in [1.29, 1.82) is 0 Å². The number of carbonyl (C=O) groups is 1. The molecule has 0 unspecified atom stereocenters. The largest absolute Gasteiger partial charge is 0.334 e. The summed E-state index contributed by atoms with van der Waals surface area (Å²) >= 11 is 0. The number of rotatable bonds is 6. The van der Waals surface area contributed by atoms with Crippen LogP contribution in [0.5, 0.6) is 0 Å². The van der Waals surface area contributed by atoms with Gasteiger partial charge in [0, 0.05) is 23.1 Å². The van der Waals surface area contributed by atoms with Gasteiger partial charge in [-0.3, -0.25) is 14.2 Å². The van der Waals surface area contributed by atoms with Crippen LogP contribution in [0, 0.1) is 0 Å². The van der Waals surface area contributed by atoms with Crippen LogP contribution in [0.25, 0.3) is 22.4 Å². The zero-order valence-electron chi connectivity index (χ0n) is 18.0. The number of carbonyl (C=O) groups excluding carboxylic acids is 1. The van der Waals surface area contributed by atoms with E-state index >= 15 is 0 Å². The molecule has 1 aliphatic carbocycles. The highest BCUT2D eigenvalue weighted by Crippen LogP contribution is 2.39. The fourth-order valence-corrected chi connectivity index (χ4v) is 3.82. The zero-order valence-corrected chi connectivity index (χ0v) is 18.0. The Hall–Kier alpha value is -3.74. The summed E-state index contributed by atoms with van der Waals surface area (Å²) in [7, 11) is 0. The maximum Gasteiger partial charge on any atom is 0.258 e. The molecule has 7 heteroatoms. The Morgan fingerprint density at radius 2 is 1.91 bits per heavy atom. The average molecular weight is 428 g/mol. The number of aromatic nitrogens is 3. The van der Waals surface area contributed by atoms with E-state index < -0.39 is 0 Å². The van der Waals surface area contributed by atoms with Gasteiger partial charge >= 0.3 is 0 Å². The lowest BCUT2D eigenvalue weighted by Gasteiger charge is -2.13. The van der Waals surface area contributed by atoms with Crippen LogP contribution in [-0.4, -0.2) is 20.6 Å². The maximum absolute atomic E-state index is 13.0. The van der Waals surface area contributed by atoms with E-state index in [9.17, 15) is 9.59 Å². The van der Waals surface area contributed by atoms with E-state index in [-0.39, 0.29) is 18.0 Å². The van der Waals surface area contributed by atoms with Crippen molar-refractivity contribution < 1.29 is 9.32 Å². The minimum atomic E-state index is -0.296. The van der Waals surface area contributed by atoms with Gasteiger partial charge in [-0.2, -0.15) is 4.98 Å². The minimum Gasteiger partial charge on any atom is -0.334 e. The molecule has 0 bridgehead atoms. The fourth-order valence-electron chi connectivity index (χ4n) is 3.82. The molecule has 1 aliphatic rings. The van der Waals surface area contributed by atoms with Crippen molar-refractivity contribution in [1.82, 2.24) is 14.7 Å². The number of hydrogen-bond acceptors (Lipinski definition) is 5. The van der Waals surface area contributed by atoms with Gasteiger partial charge < -0.3 is 9.84 Å². The number of nitrogens with zero attached hydrogens (tertiary/aromatic N) is 3. The molecule has 1 fully saturated rings. The molecule has 0 atom stereocenters. The predicted octanol–water partition coefficient (Wildman–Crippen LogP) is 4.69. The summed E-state index contributed by atoms with van der Waals surface area (Å²) in [6.07, 6.45) is 2.13. The standard InChI is InChI=1S/C25H24N4O3/c1-15(2)16-9-11-18(12-10-16)26-22(30)14-29-21-6-4-3-5-19(21)20(13-23(29)31)25-27-24(28-32-25)17-7-8-17/h3-6,9-13,15,17H,7-8,14H2,1-2H3,(H,26,30). The molecule has 1 amide bonds. The van der Waals surface area contributed by atoms with E-state index in [4.69, 9.17) is 4.52 Å². The van der Waals surface area contributed by atoms with Gasteiger partial charge in [0.05, 0.1) is 11.1 Å². The lowest BCUT2D eigenvalue weighted by atomic mass is 10.0. The Bertz CT molecular complexity index is 1350. The van der Waals surface area contributed by atoms with E-state index in [2.05, 4.69) is 29.3 Å². The van der Waals surface area contributed by atoms with Crippen molar-refractivity contribution in [2.24, 2.45) is 0 Å². The number of fused-ring (bicyclic) bond motifs is 1. The Morgan fingerprint density at radius 3 is 2.62 bits per heavy atom. The molecule has 2 aromatic carbocycles. The molecule has 32 heavy (non-hydrogen) atoms. The monoisotopic (exact) mass is 428 g/mol. The second-order valence-corrected chi connectivity index (χ2v) is 8.56. The van der Waals surface area contributed by atoms with Gasteiger partial charge in [-0.1, -0.05) is 49.3 Å². The summed E-state index contributed by atoms with van der Waals surface area (Å²) in [5.41, 5.74) is 2.84. The van der Waals surface area contributed by atoms with Crippen molar-refractivity contribution in [3.05, 3.63) is 76.3 Å². The minimum absolute atomic E-state index is 0.0945. The molecule has 7 nitrogen and oxygen atoms in total. The molecule has 4 aromatic rings.